The van der Waals surface area contributed by atoms with Crippen LogP contribution in [0.1, 0.15) is 45.0 Å². The van der Waals surface area contributed by atoms with Crippen LogP contribution in [0.3, 0.4) is 0 Å². The maximum absolute atomic E-state index is 6.04. The summed E-state index contributed by atoms with van der Waals surface area (Å²) in [5.74, 6) is 1.04. The average Bonchev–Trinajstić information content (AvgIpc) is 2.95. The highest BCUT2D eigenvalue weighted by molar-refractivity contribution is 5.73. The standard InChI is InChI=1S/C16H23N3O2/c1-5-16(6-2,20-7-3)15-18-14(21-19-15)13-11(4)9-8-10-12(13)17/h8-10H,5-7,17H2,1-4H3. The second-order valence-electron chi connectivity index (χ2n) is 5.10. The monoisotopic (exact) mass is 289 g/mol. The third kappa shape index (κ3) is 2.78. The summed E-state index contributed by atoms with van der Waals surface area (Å²) >= 11 is 0. The number of nitrogen functional groups attached to an aromatic ring is 1. The molecule has 21 heavy (non-hydrogen) atoms. The molecule has 2 rings (SSSR count). The van der Waals surface area contributed by atoms with Gasteiger partial charge in [-0.3, -0.25) is 0 Å². The summed E-state index contributed by atoms with van der Waals surface area (Å²) in [5.41, 5.74) is 8.00. The molecule has 0 atom stereocenters. The third-order valence-electron chi connectivity index (χ3n) is 3.92. The first-order chi connectivity index (χ1) is 10.1. The third-order valence-corrected chi connectivity index (χ3v) is 3.92. The first-order valence-corrected chi connectivity index (χ1v) is 7.41. The lowest BCUT2D eigenvalue weighted by Gasteiger charge is -2.27. The Labute approximate surface area is 125 Å². The van der Waals surface area contributed by atoms with E-state index in [-0.39, 0.29) is 0 Å². The van der Waals surface area contributed by atoms with E-state index < -0.39 is 5.60 Å². The van der Waals surface area contributed by atoms with Crippen molar-refractivity contribution in [1.29, 1.82) is 0 Å². The first kappa shape index (κ1) is 15.5. The van der Waals surface area contributed by atoms with Gasteiger partial charge in [0.15, 0.2) is 0 Å². The molecule has 0 spiro atoms. The van der Waals surface area contributed by atoms with Gasteiger partial charge in [0.2, 0.25) is 5.82 Å². The van der Waals surface area contributed by atoms with Crippen LogP contribution in [0, 0.1) is 6.92 Å². The number of aromatic nitrogens is 2. The van der Waals surface area contributed by atoms with E-state index in [4.69, 9.17) is 15.0 Å². The highest BCUT2D eigenvalue weighted by Crippen LogP contribution is 2.34. The zero-order chi connectivity index (χ0) is 15.5. The Morgan fingerprint density at radius 3 is 2.52 bits per heavy atom. The zero-order valence-electron chi connectivity index (χ0n) is 13.1. The summed E-state index contributed by atoms with van der Waals surface area (Å²) in [6, 6.07) is 5.72. The average molecular weight is 289 g/mol. The van der Waals surface area contributed by atoms with Gasteiger partial charge in [-0.1, -0.05) is 31.1 Å². The summed E-state index contributed by atoms with van der Waals surface area (Å²) in [7, 11) is 0. The second-order valence-corrected chi connectivity index (χ2v) is 5.10. The molecule has 0 saturated heterocycles. The van der Waals surface area contributed by atoms with Crippen molar-refractivity contribution in [2.24, 2.45) is 0 Å². The number of hydrogen-bond donors (Lipinski definition) is 1. The molecule has 1 aromatic heterocycles. The van der Waals surface area contributed by atoms with Gasteiger partial charge in [0.25, 0.3) is 5.89 Å². The number of aryl methyl sites for hydroxylation is 1. The maximum atomic E-state index is 6.04. The van der Waals surface area contributed by atoms with Crippen LogP contribution >= 0.6 is 0 Å². The molecule has 2 aromatic rings. The summed E-state index contributed by atoms with van der Waals surface area (Å²) in [5, 5.41) is 4.14. The number of rotatable bonds is 6. The fourth-order valence-corrected chi connectivity index (χ4v) is 2.60. The predicted octanol–water partition coefficient (Wildman–Crippen LogP) is 3.68. The lowest BCUT2D eigenvalue weighted by Crippen LogP contribution is -2.29. The minimum atomic E-state index is -0.492. The van der Waals surface area contributed by atoms with Crippen molar-refractivity contribution < 1.29 is 9.26 Å². The van der Waals surface area contributed by atoms with Crippen molar-refractivity contribution in [2.75, 3.05) is 12.3 Å². The van der Waals surface area contributed by atoms with E-state index in [2.05, 4.69) is 24.0 Å². The molecule has 0 unspecified atom stereocenters. The molecule has 114 valence electrons. The topological polar surface area (TPSA) is 74.2 Å². The molecule has 0 radical (unpaired) electrons. The lowest BCUT2D eigenvalue weighted by atomic mass is 9.96. The second kappa shape index (κ2) is 6.26. The van der Waals surface area contributed by atoms with Crippen molar-refractivity contribution in [3.63, 3.8) is 0 Å². The summed E-state index contributed by atoms with van der Waals surface area (Å²) in [4.78, 5) is 4.55. The molecule has 0 aliphatic heterocycles. The van der Waals surface area contributed by atoms with Gasteiger partial charge in [-0.25, -0.2) is 0 Å². The Balaban J connectivity index is 2.46. The molecule has 5 heteroatoms. The molecule has 0 aliphatic rings. The van der Waals surface area contributed by atoms with Gasteiger partial charge in [0.05, 0.1) is 5.56 Å². The Hall–Kier alpha value is -1.88. The van der Waals surface area contributed by atoms with Gasteiger partial charge in [0, 0.05) is 12.3 Å². The normalized spacial score (nSPS) is 11.8. The molecule has 1 aromatic carbocycles. The number of anilines is 1. The molecule has 0 bridgehead atoms. The smallest absolute Gasteiger partial charge is 0.260 e. The first-order valence-electron chi connectivity index (χ1n) is 7.41. The Kier molecular flexibility index (Phi) is 4.63. The summed E-state index contributed by atoms with van der Waals surface area (Å²) in [6.45, 7) is 8.69. The maximum Gasteiger partial charge on any atom is 0.260 e. The van der Waals surface area contributed by atoms with Gasteiger partial charge < -0.3 is 15.0 Å². The molecule has 0 amide bonds. The van der Waals surface area contributed by atoms with E-state index in [1.54, 1.807) is 0 Å². The molecule has 2 N–H and O–H groups in total. The molecular formula is C16H23N3O2. The van der Waals surface area contributed by atoms with Crippen molar-refractivity contribution in [3.8, 4) is 11.5 Å². The van der Waals surface area contributed by atoms with Gasteiger partial charge in [0.1, 0.15) is 5.60 Å². The van der Waals surface area contributed by atoms with Crippen molar-refractivity contribution >= 4 is 5.69 Å². The van der Waals surface area contributed by atoms with Crippen molar-refractivity contribution in [1.82, 2.24) is 10.1 Å². The van der Waals surface area contributed by atoms with E-state index in [1.807, 2.05) is 32.0 Å². The molecule has 0 saturated carbocycles. The molecule has 0 fully saturated rings. The van der Waals surface area contributed by atoms with Crippen LogP contribution in [0.15, 0.2) is 22.7 Å². The van der Waals surface area contributed by atoms with Crippen LogP contribution < -0.4 is 5.73 Å². The number of benzene rings is 1. The minimum absolute atomic E-state index is 0.451. The fraction of sp³-hybridized carbons (Fsp3) is 0.500. The highest BCUT2D eigenvalue weighted by atomic mass is 16.5. The Bertz CT molecular complexity index is 583. The van der Waals surface area contributed by atoms with Gasteiger partial charge >= 0.3 is 0 Å². The van der Waals surface area contributed by atoms with Gasteiger partial charge in [-0.05, 0) is 38.3 Å². The van der Waals surface area contributed by atoms with E-state index in [0.717, 1.165) is 24.0 Å². The van der Waals surface area contributed by atoms with Crippen LogP contribution in [-0.2, 0) is 10.3 Å². The van der Waals surface area contributed by atoms with Crippen LogP contribution in [-0.4, -0.2) is 16.7 Å². The van der Waals surface area contributed by atoms with Crippen LogP contribution in [0.5, 0.6) is 0 Å². The fourth-order valence-electron chi connectivity index (χ4n) is 2.60. The van der Waals surface area contributed by atoms with E-state index in [0.29, 0.717) is 24.0 Å². The molecular weight excluding hydrogens is 266 g/mol. The molecule has 0 aliphatic carbocycles. The Morgan fingerprint density at radius 1 is 1.24 bits per heavy atom. The SMILES string of the molecule is CCOC(CC)(CC)c1noc(-c2c(C)cccc2N)n1. The number of nitrogens with two attached hydrogens (primary N) is 1. The summed E-state index contributed by atoms with van der Waals surface area (Å²) in [6.07, 6.45) is 1.58. The van der Waals surface area contributed by atoms with Crippen molar-refractivity contribution in [2.45, 2.75) is 46.1 Å². The van der Waals surface area contributed by atoms with E-state index in [1.165, 1.54) is 0 Å². The van der Waals surface area contributed by atoms with Crippen LogP contribution in [0.2, 0.25) is 0 Å². The number of hydrogen-bond acceptors (Lipinski definition) is 5. The summed E-state index contributed by atoms with van der Waals surface area (Å²) < 4.78 is 11.4. The van der Waals surface area contributed by atoms with E-state index in [9.17, 15) is 0 Å². The van der Waals surface area contributed by atoms with Crippen LogP contribution in [0.4, 0.5) is 5.69 Å². The number of ether oxygens (including phenoxy) is 1. The minimum Gasteiger partial charge on any atom is -0.398 e. The molecule has 5 nitrogen and oxygen atoms in total. The largest absolute Gasteiger partial charge is 0.398 e. The molecule has 1 heterocycles. The van der Waals surface area contributed by atoms with Crippen molar-refractivity contribution in [3.05, 3.63) is 29.6 Å². The predicted molar refractivity (Wildman–Crippen MR) is 82.8 cm³/mol. The Morgan fingerprint density at radius 2 is 1.95 bits per heavy atom. The van der Waals surface area contributed by atoms with E-state index >= 15 is 0 Å². The van der Waals surface area contributed by atoms with Crippen LogP contribution in [0.25, 0.3) is 11.5 Å². The highest BCUT2D eigenvalue weighted by Gasteiger charge is 2.34. The van der Waals surface area contributed by atoms with Gasteiger partial charge in [-0.15, -0.1) is 0 Å². The quantitative estimate of drug-likeness (QED) is 0.821. The lowest BCUT2D eigenvalue weighted by molar-refractivity contribution is -0.0583. The number of nitrogens with zero attached hydrogens (tertiary/aromatic N) is 2. The zero-order valence-corrected chi connectivity index (χ0v) is 13.1. The van der Waals surface area contributed by atoms with Gasteiger partial charge in [-0.2, -0.15) is 4.98 Å².